The highest BCUT2D eigenvalue weighted by atomic mass is 32.2. The van der Waals surface area contributed by atoms with E-state index in [1.807, 2.05) is 24.1 Å². The fraction of sp³-hybridized carbons (Fsp3) is 0.280. The lowest BCUT2D eigenvalue weighted by Gasteiger charge is -2.29. The van der Waals surface area contributed by atoms with Gasteiger partial charge in [-0.2, -0.15) is 0 Å². The van der Waals surface area contributed by atoms with E-state index in [1.165, 1.54) is 43.8 Å². The third-order valence-electron chi connectivity index (χ3n) is 5.43. The number of hydrogen-bond acceptors (Lipinski definition) is 3. The second kappa shape index (κ2) is 8.02. The molecule has 0 aromatic heterocycles. The van der Waals surface area contributed by atoms with Crippen LogP contribution in [0.2, 0.25) is 0 Å². The molecule has 3 aromatic carbocycles. The monoisotopic (exact) mass is 389 g/mol. The molecule has 0 amide bonds. The summed E-state index contributed by atoms with van der Waals surface area (Å²) in [6.07, 6.45) is 1.09. The minimum Gasteiger partial charge on any atom is -0.497 e. The molecule has 0 radical (unpaired) electrons. The Morgan fingerprint density at radius 2 is 1.50 bits per heavy atom. The van der Waals surface area contributed by atoms with E-state index in [9.17, 15) is 0 Å². The van der Waals surface area contributed by atoms with Crippen molar-refractivity contribution in [1.29, 1.82) is 0 Å². The van der Waals surface area contributed by atoms with Crippen LogP contribution in [0.1, 0.15) is 27.8 Å². The van der Waals surface area contributed by atoms with Crippen LogP contribution < -0.4 is 4.74 Å². The van der Waals surface area contributed by atoms with Crippen molar-refractivity contribution in [2.24, 2.45) is 0 Å². The second-order valence-electron chi connectivity index (χ2n) is 7.64. The van der Waals surface area contributed by atoms with E-state index in [2.05, 4.69) is 67.5 Å². The molecule has 28 heavy (non-hydrogen) atoms. The predicted molar refractivity (Wildman–Crippen MR) is 119 cm³/mol. The lowest BCUT2D eigenvalue weighted by atomic mass is 9.95. The summed E-state index contributed by atoms with van der Waals surface area (Å²) in [5.74, 6) is 0.899. The van der Waals surface area contributed by atoms with Gasteiger partial charge in [0.05, 0.1) is 7.11 Å². The van der Waals surface area contributed by atoms with Gasteiger partial charge in [0, 0.05) is 18.0 Å². The third-order valence-corrected chi connectivity index (χ3v) is 6.83. The number of hydrogen-bond donors (Lipinski definition) is 0. The number of rotatable bonds is 4. The average molecular weight is 390 g/mol. The summed E-state index contributed by atoms with van der Waals surface area (Å²) in [6, 6.07) is 19.8. The number of nitrogens with zero attached hydrogens (tertiary/aromatic N) is 1. The zero-order valence-electron chi connectivity index (χ0n) is 17.1. The van der Waals surface area contributed by atoms with E-state index in [1.54, 1.807) is 7.11 Å². The van der Waals surface area contributed by atoms with Crippen molar-refractivity contribution in [2.45, 2.75) is 38.6 Å². The Morgan fingerprint density at radius 1 is 0.821 bits per heavy atom. The maximum Gasteiger partial charge on any atom is 0.118 e. The van der Waals surface area contributed by atoms with Gasteiger partial charge in [0.2, 0.25) is 0 Å². The van der Waals surface area contributed by atoms with Crippen LogP contribution in [0, 0.1) is 20.8 Å². The Balaban J connectivity index is 1.52. The molecule has 0 unspecified atom stereocenters. The second-order valence-corrected chi connectivity index (χ2v) is 8.75. The molecule has 1 aliphatic heterocycles. The van der Waals surface area contributed by atoms with Crippen molar-refractivity contribution in [3.05, 3.63) is 82.4 Å². The van der Waals surface area contributed by atoms with Gasteiger partial charge in [-0.3, -0.25) is 0 Å². The van der Waals surface area contributed by atoms with Crippen molar-refractivity contribution >= 4 is 11.9 Å². The standard InChI is InChI=1S/C25H27NOS/c1-17-13-18(2)25(19(3)14-17)28-26-12-11-22-15-21(5-6-23(22)16-26)20-7-9-24(27-4)10-8-20/h5-10,13-15H,11-12,16H2,1-4H3. The lowest BCUT2D eigenvalue weighted by molar-refractivity contribution is 0.415. The van der Waals surface area contributed by atoms with E-state index in [0.717, 1.165) is 25.3 Å². The first kappa shape index (κ1) is 19.1. The van der Waals surface area contributed by atoms with Crippen LogP contribution in [0.5, 0.6) is 5.75 Å². The molecule has 0 saturated heterocycles. The van der Waals surface area contributed by atoms with E-state index in [0.29, 0.717) is 0 Å². The highest BCUT2D eigenvalue weighted by Crippen LogP contribution is 2.35. The largest absolute Gasteiger partial charge is 0.497 e. The molecule has 0 aliphatic carbocycles. The van der Waals surface area contributed by atoms with Gasteiger partial charge in [0.1, 0.15) is 5.75 Å². The topological polar surface area (TPSA) is 12.5 Å². The van der Waals surface area contributed by atoms with Crippen LogP contribution in [-0.4, -0.2) is 18.0 Å². The molecule has 144 valence electrons. The van der Waals surface area contributed by atoms with Crippen LogP contribution in [-0.2, 0) is 13.0 Å². The third kappa shape index (κ3) is 3.96. The normalized spacial score (nSPS) is 14.0. The number of fused-ring (bicyclic) bond motifs is 1. The van der Waals surface area contributed by atoms with Crippen molar-refractivity contribution in [3.8, 4) is 16.9 Å². The van der Waals surface area contributed by atoms with Crippen LogP contribution in [0.25, 0.3) is 11.1 Å². The summed E-state index contributed by atoms with van der Waals surface area (Å²) >= 11 is 1.91. The van der Waals surface area contributed by atoms with Gasteiger partial charge in [-0.05, 0) is 84.7 Å². The minimum absolute atomic E-state index is 0.899. The number of benzene rings is 3. The summed E-state index contributed by atoms with van der Waals surface area (Å²) < 4.78 is 7.77. The Bertz CT molecular complexity index is 971. The molecule has 0 saturated carbocycles. The molecule has 3 aromatic rings. The van der Waals surface area contributed by atoms with E-state index in [4.69, 9.17) is 4.74 Å². The van der Waals surface area contributed by atoms with Crippen LogP contribution in [0.3, 0.4) is 0 Å². The first-order valence-electron chi connectivity index (χ1n) is 9.80. The highest BCUT2D eigenvalue weighted by Gasteiger charge is 2.19. The number of ether oxygens (including phenoxy) is 1. The first-order chi connectivity index (χ1) is 13.5. The van der Waals surface area contributed by atoms with Crippen LogP contribution in [0.15, 0.2) is 59.5 Å². The number of methoxy groups -OCH3 is 1. The Kier molecular flexibility index (Phi) is 5.47. The van der Waals surface area contributed by atoms with Gasteiger partial charge in [-0.1, -0.05) is 48.0 Å². The van der Waals surface area contributed by atoms with Gasteiger partial charge >= 0.3 is 0 Å². The summed E-state index contributed by atoms with van der Waals surface area (Å²) in [5, 5.41) is 0. The summed E-state index contributed by atoms with van der Waals surface area (Å²) in [6.45, 7) is 8.70. The van der Waals surface area contributed by atoms with Crippen molar-refractivity contribution in [1.82, 2.24) is 4.31 Å². The van der Waals surface area contributed by atoms with Crippen LogP contribution >= 0.6 is 11.9 Å². The zero-order valence-corrected chi connectivity index (χ0v) is 17.9. The maximum atomic E-state index is 5.27. The highest BCUT2D eigenvalue weighted by molar-refractivity contribution is 7.97. The summed E-state index contributed by atoms with van der Waals surface area (Å²) in [7, 11) is 1.71. The predicted octanol–water partition coefficient (Wildman–Crippen LogP) is 6.35. The molecule has 0 N–H and O–H groups in total. The van der Waals surface area contributed by atoms with Gasteiger partial charge in [0.25, 0.3) is 0 Å². The quantitative estimate of drug-likeness (QED) is 0.482. The fourth-order valence-electron chi connectivity index (χ4n) is 4.01. The van der Waals surface area contributed by atoms with E-state index < -0.39 is 0 Å². The summed E-state index contributed by atoms with van der Waals surface area (Å²) in [5.41, 5.74) is 9.54. The Labute approximate surface area is 172 Å². The average Bonchev–Trinajstić information content (AvgIpc) is 2.70. The molecule has 3 heteroatoms. The molecular weight excluding hydrogens is 362 g/mol. The molecule has 1 heterocycles. The molecule has 1 aliphatic rings. The smallest absolute Gasteiger partial charge is 0.118 e. The molecule has 0 fully saturated rings. The van der Waals surface area contributed by atoms with E-state index >= 15 is 0 Å². The minimum atomic E-state index is 0.899. The Morgan fingerprint density at radius 3 is 2.18 bits per heavy atom. The zero-order chi connectivity index (χ0) is 19.7. The van der Waals surface area contributed by atoms with Crippen molar-refractivity contribution in [2.75, 3.05) is 13.7 Å². The van der Waals surface area contributed by atoms with Crippen LogP contribution in [0.4, 0.5) is 0 Å². The fourth-order valence-corrected chi connectivity index (χ4v) is 5.06. The lowest BCUT2D eigenvalue weighted by Crippen LogP contribution is -2.24. The van der Waals surface area contributed by atoms with Gasteiger partial charge in [-0.15, -0.1) is 0 Å². The molecule has 0 spiro atoms. The molecular formula is C25H27NOS. The van der Waals surface area contributed by atoms with Gasteiger partial charge in [0.15, 0.2) is 0 Å². The SMILES string of the molecule is COc1ccc(-c2ccc3c(c2)CCN(Sc2c(C)cc(C)cc2C)C3)cc1. The maximum absolute atomic E-state index is 5.27. The first-order valence-corrected chi connectivity index (χ1v) is 10.6. The van der Waals surface area contributed by atoms with Gasteiger partial charge < -0.3 is 4.74 Å². The summed E-state index contributed by atoms with van der Waals surface area (Å²) in [4.78, 5) is 1.41. The van der Waals surface area contributed by atoms with Gasteiger partial charge in [-0.25, -0.2) is 4.31 Å². The molecule has 4 rings (SSSR count). The molecule has 0 atom stereocenters. The molecule has 0 bridgehead atoms. The van der Waals surface area contributed by atoms with Crippen molar-refractivity contribution < 1.29 is 4.74 Å². The number of aryl methyl sites for hydroxylation is 3. The Hall–Kier alpha value is -2.23. The van der Waals surface area contributed by atoms with E-state index in [-0.39, 0.29) is 0 Å². The molecule has 2 nitrogen and oxygen atoms in total. The van der Waals surface area contributed by atoms with Crippen molar-refractivity contribution in [3.63, 3.8) is 0 Å².